The van der Waals surface area contributed by atoms with Crippen LogP contribution in [0.5, 0.6) is 0 Å². The van der Waals surface area contributed by atoms with Crippen LogP contribution in [0.1, 0.15) is 5.56 Å². The fraction of sp³-hybridized carbons (Fsp3) is 0.0769. The first-order chi connectivity index (χ1) is 7.79. The van der Waals surface area contributed by atoms with Crippen molar-refractivity contribution >= 4 is 43.8 Å². The molecule has 0 saturated carbocycles. The van der Waals surface area contributed by atoms with Gasteiger partial charge in [0.2, 0.25) is 0 Å². The minimum atomic E-state index is 0.0752. The van der Waals surface area contributed by atoms with Gasteiger partial charge in [-0.05, 0) is 46.0 Å². The molecule has 3 rings (SSSR count). The van der Waals surface area contributed by atoms with Gasteiger partial charge in [0.05, 0.1) is 6.61 Å². The Hall–Kier alpha value is -1.09. The summed E-state index contributed by atoms with van der Waals surface area (Å²) in [6.07, 6.45) is 0. The lowest BCUT2D eigenvalue weighted by atomic mass is 10.0. The molecule has 3 heteroatoms. The predicted octanol–water partition coefficient (Wildman–Crippen LogP) is 4.20. The third-order valence-electron chi connectivity index (χ3n) is 2.77. The molecule has 16 heavy (non-hydrogen) atoms. The van der Waals surface area contributed by atoms with Crippen LogP contribution in [-0.4, -0.2) is 5.11 Å². The van der Waals surface area contributed by atoms with Gasteiger partial charge in [0, 0.05) is 15.1 Å². The summed E-state index contributed by atoms with van der Waals surface area (Å²) in [6, 6.07) is 9.93. The van der Waals surface area contributed by atoms with Crippen molar-refractivity contribution in [3.05, 3.63) is 46.3 Å². The van der Waals surface area contributed by atoms with Crippen LogP contribution in [-0.2, 0) is 6.61 Å². The number of hydrogen-bond acceptors (Lipinski definition) is 2. The minimum absolute atomic E-state index is 0.0752. The van der Waals surface area contributed by atoms with Gasteiger partial charge < -0.3 is 5.11 Å². The molecule has 0 radical (unpaired) electrons. The first kappa shape index (κ1) is 10.1. The van der Waals surface area contributed by atoms with E-state index in [4.69, 9.17) is 11.6 Å². The Bertz CT molecular complexity index is 672. The van der Waals surface area contributed by atoms with Crippen LogP contribution < -0.4 is 0 Å². The van der Waals surface area contributed by atoms with E-state index in [1.807, 2.05) is 35.7 Å². The van der Waals surface area contributed by atoms with Crippen LogP contribution in [0.3, 0.4) is 0 Å². The maximum Gasteiger partial charge on any atom is 0.0688 e. The highest BCUT2D eigenvalue weighted by Crippen LogP contribution is 2.34. The molecule has 0 bridgehead atoms. The van der Waals surface area contributed by atoms with E-state index in [1.54, 1.807) is 11.3 Å². The highest BCUT2D eigenvalue weighted by Gasteiger charge is 2.07. The minimum Gasteiger partial charge on any atom is -0.392 e. The van der Waals surface area contributed by atoms with Gasteiger partial charge in [-0.3, -0.25) is 0 Å². The molecule has 1 nitrogen and oxygen atoms in total. The zero-order valence-corrected chi connectivity index (χ0v) is 9.98. The summed E-state index contributed by atoms with van der Waals surface area (Å²) in [5, 5.41) is 15.6. The summed E-state index contributed by atoms with van der Waals surface area (Å²) in [4.78, 5) is 0. The first-order valence-electron chi connectivity index (χ1n) is 4.99. The molecule has 0 aliphatic carbocycles. The van der Waals surface area contributed by atoms with Gasteiger partial charge >= 0.3 is 0 Å². The molecule has 1 N–H and O–H groups in total. The third kappa shape index (κ3) is 1.42. The SMILES string of the molecule is OCc1cc2ccc(Cl)cc2c2sccc12. The Morgan fingerprint density at radius 3 is 2.81 bits per heavy atom. The van der Waals surface area contributed by atoms with Crippen molar-refractivity contribution in [2.45, 2.75) is 6.61 Å². The Kier molecular flexibility index (Phi) is 2.36. The summed E-state index contributed by atoms with van der Waals surface area (Å²) in [5.41, 5.74) is 0.978. The lowest BCUT2D eigenvalue weighted by Gasteiger charge is -2.05. The summed E-state index contributed by atoms with van der Waals surface area (Å²) in [6.45, 7) is 0.0752. The van der Waals surface area contributed by atoms with Crippen LogP contribution in [0.25, 0.3) is 20.9 Å². The molecule has 0 unspecified atom stereocenters. The number of rotatable bonds is 1. The van der Waals surface area contributed by atoms with Crippen LogP contribution in [0.2, 0.25) is 5.02 Å². The topological polar surface area (TPSA) is 20.2 Å². The summed E-state index contributed by atoms with van der Waals surface area (Å²) < 4.78 is 1.20. The molecule has 0 amide bonds. The predicted molar refractivity (Wildman–Crippen MR) is 70.3 cm³/mol. The molecular weight excluding hydrogens is 240 g/mol. The number of hydrogen-bond donors (Lipinski definition) is 1. The third-order valence-corrected chi connectivity index (χ3v) is 3.95. The summed E-state index contributed by atoms with van der Waals surface area (Å²) >= 11 is 7.70. The van der Waals surface area contributed by atoms with Crippen LogP contribution in [0.15, 0.2) is 35.7 Å². The van der Waals surface area contributed by atoms with E-state index in [2.05, 4.69) is 0 Å². The van der Waals surface area contributed by atoms with Gasteiger partial charge in [0.15, 0.2) is 0 Å². The maximum atomic E-state index is 9.35. The molecule has 0 fully saturated rings. The molecule has 0 aliphatic rings. The summed E-state index contributed by atoms with van der Waals surface area (Å²) in [5.74, 6) is 0. The second-order valence-corrected chi connectivity index (χ2v) is 5.08. The summed E-state index contributed by atoms with van der Waals surface area (Å²) in [7, 11) is 0. The standard InChI is InChI=1S/C13H9ClOS/c14-10-2-1-8-5-9(7-15)11-3-4-16-13(11)12(8)6-10/h1-6,15H,7H2. The number of thiophene rings is 1. The van der Waals surface area contributed by atoms with Crippen molar-refractivity contribution in [1.82, 2.24) is 0 Å². The molecule has 0 atom stereocenters. The van der Waals surface area contributed by atoms with Crippen molar-refractivity contribution in [3.63, 3.8) is 0 Å². The number of halogens is 1. The first-order valence-corrected chi connectivity index (χ1v) is 6.24. The normalized spacial score (nSPS) is 11.4. The fourth-order valence-corrected chi connectivity index (χ4v) is 3.16. The highest BCUT2D eigenvalue weighted by molar-refractivity contribution is 7.18. The number of benzene rings is 2. The number of aliphatic hydroxyl groups excluding tert-OH is 1. The lowest BCUT2D eigenvalue weighted by molar-refractivity contribution is 0.283. The van der Waals surface area contributed by atoms with Gasteiger partial charge in [0.1, 0.15) is 0 Å². The van der Waals surface area contributed by atoms with E-state index < -0.39 is 0 Å². The van der Waals surface area contributed by atoms with Gasteiger partial charge in [-0.25, -0.2) is 0 Å². The van der Waals surface area contributed by atoms with Crippen molar-refractivity contribution in [1.29, 1.82) is 0 Å². The van der Waals surface area contributed by atoms with E-state index in [-0.39, 0.29) is 6.61 Å². The quantitative estimate of drug-likeness (QED) is 0.684. The largest absolute Gasteiger partial charge is 0.392 e. The van der Waals surface area contributed by atoms with Crippen LogP contribution >= 0.6 is 22.9 Å². The Labute approximate surface area is 102 Å². The maximum absolute atomic E-state index is 9.35. The average molecular weight is 249 g/mol. The molecule has 2 aromatic carbocycles. The van der Waals surface area contributed by atoms with Gasteiger partial charge in [0.25, 0.3) is 0 Å². The van der Waals surface area contributed by atoms with Crippen LogP contribution in [0.4, 0.5) is 0 Å². The molecular formula is C13H9ClOS. The monoisotopic (exact) mass is 248 g/mol. The Morgan fingerprint density at radius 1 is 1.12 bits per heavy atom. The lowest BCUT2D eigenvalue weighted by Crippen LogP contribution is -1.85. The van der Waals surface area contributed by atoms with Crippen LogP contribution in [0, 0.1) is 0 Å². The van der Waals surface area contributed by atoms with Crippen molar-refractivity contribution in [3.8, 4) is 0 Å². The molecule has 80 valence electrons. The van der Waals surface area contributed by atoms with E-state index in [0.717, 1.165) is 26.7 Å². The number of aliphatic hydroxyl groups is 1. The van der Waals surface area contributed by atoms with Gasteiger partial charge in [-0.15, -0.1) is 11.3 Å². The van der Waals surface area contributed by atoms with E-state index >= 15 is 0 Å². The van der Waals surface area contributed by atoms with Gasteiger partial charge in [-0.1, -0.05) is 17.7 Å². The second kappa shape index (κ2) is 3.74. The molecule has 0 aliphatic heterocycles. The van der Waals surface area contributed by atoms with Crippen molar-refractivity contribution in [2.24, 2.45) is 0 Å². The highest BCUT2D eigenvalue weighted by atomic mass is 35.5. The second-order valence-electron chi connectivity index (χ2n) is 3.72. The smallest absolute Gasteiger partial charge is 0.0688 e. The zero-order chi connectivity index (χ0) is 11.1. The Morgan fingerprint density at radius 2 is 2.00 bits per heavy atom. The fourth-order valence-electron chi connectivity index (χ4n) is 2.02. The molecule has 0 spiro atoms. The number of fused-ring (bicyclic) bond motifs is 3. The van der Waals surface area contributed by atoms with E-state index in [1.165, 1.54) is 4.70 Å². The molecule has 3 aromatic rings. The zero-order valence-electron chi connectivity index (χ0n) is 8.40. The molecule has 1 heterocycles. The van der Waals surface area contributed by atoms with E-state index in [9.17, 15) is 5.11 Å². The van der Waals surface area contributed by atoms with E-state index in [0.29, 0.717) is 0 Å². The van der Waals surface area contributed by atoms with Gasteiger partial charge in [-0.2, -0.15) is 0 Å². The van der Waals surface area contributed by atoms with Crippen molar-refractivity contribution in [2.75, 3.05) is 0 Å². The molecule has 1 aromatic heterocycles. The van der Waals surface area contributed by atoms with Crippen molar-refractivity contribution < 1.29 is 5.11 Å². The average Bonchev–Trinajstić information content (AvgIpc) is 2.77. The molecule has 0 saturated heterocycles. The Balaban J connectivity index is 2.54.